The van der Waals surface area contributed by atoms with E-state index in [9.17, 15) is 0 Å². The van der Waals surface area contributed by atoms with Crippen LogP contribution >= 0.6 is 0 Å². The van der Waals surface area contributed by atoms with E-state index >= 15 is 0 Å². The fourth-order valence-electron chi connectivity index (χ4n) is 9.68. The molecule has 0 atom stereocenters. The molecule has 0 amide bonds. The van der Waals surface area contributed by atoms with Gasteiger partial charge in [-0.2, -0.15) is 0 Å². The Bertz CT molecular complexity index is 3000. The van der Waals surface area contributed by atoms with E-state index in [1.807, 2.05) is 0 Å². The maximum Gasteiger partial charge on any atom is 0.143 e. The molecule has 0 fully saturated rings. The number of hydrogen-bond donors (Lipinski definition) is 0. The van der Waals surface area contributed by atoms with Crippen molar-refractivity contribution >= 4 is 49.8 Å². The third-order valence-electron chi connectivity index (χ3n) is 12.5. The van der Waals surface area contributed by atoms with Crippen molar-refractivity contribution in [3.63, 3.8) is 0 Å². The lowest BCUT2D eigenvalue weighted by atomic mass is 9.82. The Kier molecular flexibility index (Phi) is 6.39. The summed E-state index contributed by atoms with van der Waals surface area (Å²) in [5, 5.41) is 4.70. The smallest absolute Gasteiger partial charge is 0.143 e. The molecule has 54 heavy (non-hydrogen) atoms. The molecule has 1 heterocycles. The molecule has 0 N–H and O–H groups in total. The van der Waals surface area contributed by atoms with Crippen LogP contribution in [0.25, 0.3) is 66.1 Å². The predicted molar refractivity (Wildman–Crippen MR) is 226 cm³/mol. The molecular formula is C52H39NO. The lowest BCUT2D eigenvalue weighted by Crippen LogP contribution is -2.17. The van der Waals surface area contributed by atoms with Crippen LogP contribution in [0.3, 0.4) is 0 Å². The van der Waals surface area contributed by atoms with Crippen LogP contribution < -0.4 is 4.90 Å². The first-order valence-electron chi connectivity index (χ1n) is 19.0. The van der Waals surface area contributed by atoms with Gasteiger partial charge in [-0.1, -0.05) is 149 Å². The van der Waals surface area contributed by atoms with Crippen LogP contribution in [0.5, 0.6) is 0 Å². The zero-order valence-electron chi connectivity index (χ0n) is 30.9. The highest BCUT2D eigenvalue weighted by Gasteiger charge is 2.39. The van der Waals surface area contributed by atoms with Crippen molar-refractivity contribution in [1.29, 1.82) is 0 Å². The zero-order chi connectivity index (χ0) is 36.3. The highest BCUT2D eigenvalue weighted by Crippen LogP contribution is 2.55. The minimum absolute atomic E-state index is 0.101. The van der Waals surface area contributed by atoms with Gasteiger partial charge in [0.1, 0.15) is 11.2 Å². The second-order valence-corrected chi connectivity index (χ2v) is 16.1. The van der Waals surface area contributed by atoms with Crippen LogP contribution in [-0.2, 0) is 10.8 Å². The molecule has 2 nitrogen and oxygen atoms in total. The number of benzene rings is 8. The van der Waals surface area contributed by atoms with Gasteiger partial charge in [0.15, 0.2) is 0 Å². The van der Waals surface area contributed by atoms with Crippen LogP contribution in [0.2, 0.25) is 0 Å². The van der Waals surface area contributed by atoms with Crippen LogP contribution in [0, 0.1) is 0 Å². The molecule has 0 bridgehead atoms. The van der Waals surface area contributed by atoms with Gasteiger partial charge in [0.2, 0.25) is 0 Å². The number of nitrogens with zero attached hydrogens (tertiary/aromatic N) is 1. The number of hydrogen-bond acceptors (Lipinski definition) is 2. The van der Waals surface area contributed by atoms with E-state index < -0.39 is 0 Å². The molecule has 2 aliphatic rings. The molecule has 2 heteroatoms. The summed E-state index contributed by atoms with van der Waals surface area (Å²) in [5.41, 5.74) is 18.1. The molecular weight excluding hydrogens is 655 g/mol. The largest absolute Gasteiger partial charge is 0.455 e. The average molecular weight is 694 g/mol. The Morgan fingerprint density at radius 3 is 1.81 bits per heavy atom. The standard InChI is InChI=1S/C52H39NO/c1-51(2)44-20-10-8-16-41(44)49-45(51)21-12-22-47(49)53(36-27-28-39-38-15-7-9-19-43(38)52(3,4)46(39)31-36)35-25-23-32(24-26-35)37-17-11-18-40-42-29-33-13-5-6-14-34(33)30-48(42)54-50(37)40/h5-31H,1-4H3. The van der Waals surface area contributed by atoms with E-state index in [2.05, 4.69) is 196 Å². The first-order chi connectivity index (χ1) is 26.3. The molecule has 0 unspecified atom stereocenters. The van der Waals surface area contributed by atoms with Crippen molar-refractivity contribution in [3.8, 4) is 33.4 Å². The van der Waals surface area contributed by atoms with E-state index in [0.717, 1.165) is 44.4 Å². The minimum atomic E-state index is -0.109. The Morgan fingerprint density at radius 1 is 0.426 bits per heavy atom. The lowest BCUT2D eigenvalue weighted by Gasteiger charge is -2.30. The summed E-state index contributed by atoms with van der Waals surface area (Å²) >= 11 is 0. The number of rotatable bonds is 4. The van der Waals surface area contributed by atoms with E-state index in [1.165, 1.54) is 61.0 Å². The van der Waals surface area contributed by atoms with Gasteiger partial charge in [-0.3, -0.25) is 0 Å². The molecule has 0 saturated heterocycles. The summed E-state index contributed by atoms with van der Waals surface area (Å²) in [4.78, 5) is 2.48. The van der Waals surface area contributed by atoms with E-state index in [0.29, 0.717) is 0 Å². The van der Waals surface area contributed by atoms with E-state index in [4.69, 9.17) is 4.42 Å². The van der Waals surface area contributed by atoms with Crippen LogP contribution in [0.1, 0.15) is 49.9 Å². The summed E-state index contributed by atoms with van der Waals surface area (Å²) in [6.45, 7) is 9.44. The van der Waals surface area contributed by atoms with Gasteiger partial charge in [-0.25, -0.2) is 0 Å². The van der Waals surface area contributed by atoms with E-state index in [-0.39, 0.29) is 10.8 Å². The molecule has 1 aromatic heterocycles. The van der Waals surface area contributed by atoms with Crippen molar-refractivity contribution < 1.29 is 4.42 Å². The molecule has 258 valence electrons. The van der Waals surface area contributed by atoms with E-state index in [1.54, 1.807) is 0 Å². The topological polar surface area (TPSA) is 16.4 Å². The average Bonchev–Trinajstić information content (AvgIpc) is 3.77. The van der Waals surface area contributed by atoms with Crippen LogP contribution in [0.15, 0.2) is 168 Å². The molecule has 0 spiro atoms. The van der Waals surface area contributed by atoms with Crippen molar-refractivity contribution in [2.75, 3.05) is 4.90 Å². The normalized spacial score (nSPS) is 14.6. The van der Waals surface area contributed by atoms with Gasteiger partial charge < -0.3 is 9.32 Å². The molecule has 0 radical (unpaired) electrons. The van der Waals surface area contributed by atoms with Crippen molar-refractivity contribution in [2.45, 2.75) is 38.5 Å². The summed E-state index contributed by atoms with van der Waals surface area (Å²) in [6.07, 6.45) is 0. The lowest BCUT2D eigenvalue weighted by molar-refractivity contribution is 0.660. The minimum Gasteiger partial charge on any atom is -0.455 e. The molecule has 0 saturated carbocycles. The molecule has 2 aliphatic carbocycles. The Labute approximate surface area is 315 Å². The second-order valence-electron chi connectivity index (χ2n) is 16.1. The van der Waals surface area contributed by atoms with Crippen molar-refractivity contribution in [1.82, 2.24) is 0 Å². The van der Waals surface area contributed by atoms with Gasteiger partial charge >= 0.3 is 0 Å². The monoisotopic (exact) mass is 693 g/mol. The van der Waals surface area contributed by atoms with Gasteiger partial charge in [-0.05, 0) is 97.7 Å². The molecule has 0 aliphatic heterocycles. The third-order valence-corrected chi connectivity index (χ3v) is 12.5. The van der Waals surface area contributed by atoms with Gasteiger partial charge in [-0.15, -0.1) is 0 Å². The van der Waals surface area contributed by atoms with Gasteiger partial charge in [0, 0.05) is 44.1 Å². The van der Waals surface area contributed by atoms with Crippen LogP contribution in [0.4, 0.5) is 17.1 Å². The molecule has 9 aromatic rings. The van der Waals surface area contributed by atoms with Gasteiger partial charge in [0.25, 0.3) is 0 Å². The first-order valence-corrected chi connectivity index (χ1v) is 19.0. The quantitative estimate of drug-likeness (QED) is 0.182. The second kappa shape index (κ2) is 11.1. The summed E-state index contributed by atoms with van der Waals surface area (Å²) in [5.74, 6) is 0. The van der Waals surface area contributed by atoms with Crippen molar-refractivity contribution in [3.05, 3.63) is 186 Å². The number of furan rings is 1. The zero-order valence-corrected chi connectivity index (χ0v) is 30.9. The summed E-state index contributed by atoms with van der Waals surface area (Å²) in [7, 11) is 0. The Hall–Kier alpha value is -6.38. The van der Waals surface area contributed by atoms with Crippen LogP contribution in [-0.4, -0.2) is 0 Å². The highest BCUT2D eigenvalue weighted by atomic mass is 16.3. The Morgan fingerprint density at radius 2 is 1.02 bits per heavy atom. The summed E-state index contributed by atoms with van der Waals surface area (Å²) < 4.78 is 6.64. The van der Waals surface area contributed by atoms with Gasteiger partial charge in [0.05, 0.1) is 5.69 Å². The van der Waals surface area contributed by atoms with Crippen molar-refractivity contribution in [2.24, 2.45) is 0 Å². The fraction of sp³-hybridized carbons (Fsp3) is 0.115. The number of fused-ring (bicyclic) bond motifs is 10. The number of para-hydroxylation sites is 1. The maximum absolute atomic E-state index is 6.64. The first kappa shape index (κ1) is 31.2. The fourth-order valence-corrected chi connectivity index (χ4v) is 9.68. The SMILES string of the molecule is CC1(C)c2ccccc2-c2ccc(N(c3ccc(-c4cccc5c4oc4cc6ccccc6cc45)cc3)c3cccc4c3-c3ccccc3C4(C)C)cc21. The Balaban J connectivity index is 1.09. The highest BCUT2D eigenvalue weighted by molar-refractivity contribution is 6.13. The summed E-state index contributed by atoms with van der Waals surface area (Å²) in [6, 6.07) is 60.3. The third kappa shape index (κ3) is 4.28. The number of anilines is 3. The maximum atomic E-state index is 6.64. The predicted octanol–water partition coefficient (Wildman–Crippen LogP) is 14.5. The molecule has 8 aromatic carbocycles. The molecule has 11 rings (SSSR count).